The minimum atomic E-state index is 0.203. The molecule has 2 aromatic rings. The molecule has 3 fully saturated rings. The van der Waals surface area contributed by atoms with Crippen LogP contribution in [0.5, 0.6) is 0 Å². The third-order valence-electron chi connectivity index (χ3n) is 7.38. The number of amides is 1. The fraction of sp³-hybridized carbons (Fsp3) is 0.500. The summed E-state index contributed by atoms with van der Waals surface area (Å²) in [5, 5.41) is 3.00. The Kier molecular flexibility index (Phi) is 6.83. The number of nitrogens with one attached hydrogen (secondary N) is 3. The highest BCUT2D eigenvalue weighted by Gasteiger charge is 2.32. The van der Waals surface area contributed by atoms with E-state index >= 15 is 0 Å². The van der Waals surface area contributed by atoms with Gasteiger partial charge in [0.25, 0.3) is 0 Å². The predicted molar refractivity (Wildman–Crippen MR) is 128 cm³/mol. The van der Waals surface area contributed by atoms with Gasteiger partial charge in [0, 0.05) is 51.1 Å². The number of carbonyl (C=O) groups is 1. The summed E-state index contributed by atoms with van der Waals surface area (Å²) < 4.78 is 0. The minimum Gasteiger partial charge on any atom is -0.355 e. The lowest BCUT2D eigenvalue weighted by Gasteiger charge is -2.39. The van der Waals surface area contributed by atoms with Crippen LogP contribution in [0.2, 0.25) is 0 Å². The molecule has 2 aromatic carbocycles. The maximum atomic E-state index is 11.6. The molecule has 0 radical (unpaired) electrons. The molecular weight excluding hydrogens is 398 g/mol. The molecule has 3 aliphatic heterocycles. The fourth-order valence-corrected chi connectivity index (χ4v) is 5.52. The molecule has 32 heavy (non-hydrogen) atoms. The zero-order chi connectivity index (χ0) is 21.8. The van der Waals surface area contributed by atoms with Crippen LogP contribution in [0.4, 0.5) is 0 Å². The van der Waals surface area contributed by atoms with Gasteiger partial charge in [0.05, 0.1) is 6.04 Å². The highest BCUT2D eigenvalue weighted by molar-refractivity contribution is 5.76. The van der Waals surface area contributed by atoms with Gasteiger partial charge < -0.3 is 10.2 Å². The molecule has 3 saturated heterocycles. The molecule has 6 nitrogen and oxygen atoms in total. The number of rotatable bonds is 5. The number of carbonyl (C=O) groups excluding carboxylic acids is 1. The average Bonchev–Trinajstić information content (AvgIpc) is 3.19. The molecule has 0 spiro atoms. The number of benzene rings is 2. The lowest BCUT2D eigenvalue weighted by Crippen LogP contribution is -2.47. The number of piperidine rings is 1. The maximum absolute atomic E-state index is 11.6. The highest BCUT2D eigenvalue weighted by Crippen LogP contribution is 2.29. The molecule has 0 aliphatic carbocycles. The predicted octanol–water partition coefficient (Wildman–Crippen LogP) is 2.40. The van der Waals surface area contributed by atoms with Crippen molar-refractivity contribution in [1.82, 2.24) is 26.0 Å². The Morgan fingerprint density at radius 3 is 2.41 bits per heavy atom. The van der Waals surface area contributed by atoms with E-state index in [4.69, 9.17) is 0 Å². The summed E-state index contributed by atoms with van der Waals surface area (Å²) in [4.78, 5) is 16.8. The van der Waals surface area contributed by atoms with Crippen molar-refractivity contribution in [1.29, 1.82) is 0 Å². The smallest absolute Gasteiger partial charge is 0.221 e. The van der Waals surface area contributed by atoms with E-state index in [9.17, 15) is 4.79 Å². The van der Waals surface area contributed by atoms with Crippen LogP contribution in [0.1, 0.15) is 30.9 Å². The van der Waals surface area contributed by atoms with Gasteiger partial charge in [-0.3, -0.25) is 15.1 Å². The van der Waals surface area contributed by atoms with Gasteiger partial charge in [-0.15, -0.1) is 0 Å². The summed E-state index contributed by atoms with van der Waals surface area (Å²) >= 11 is 0. The molecule has 0 bridgehead atoms. The molecule has 0 saturated carbocycles. The second-order valence-electron chi connectivity index (χ2n) is 9.42. The molecule has 3 aliphatic rings. The largest absolute Gasteiger partial charge is 0.355 e. The van der Waals surface area contributed by atoms with Gasteiger partial charge in [-0.2, -0.15) is 0 Å². The van der Waals surface area contributed by atoms with Crippen LogP contribution in [-0.4, -0.2) is 67.6 Å². The second-order valence-corrected chi connectivity index (χ2v) is 9.42. The van der Waals surface area contributed by atoms with Crippen molar-refractivity contribution >= 4 is 5.91 Å². The molecule has 2 unspecified atom stereocenters. The van der Waals surface area contributed by atoms with Crippen molar-refractivity contribution in [2.24, 2.45) is 5.92 Å². The minimum absolute atomic E-state index is 0.203. The Labute approximate surface area is 191 Å². The molecule has 3 heterocycles. The Bertz CT molecular complexity index is 879. The molecular formula is C26H35N5O. The average molecular weight is 434 g/mol. The maximum Gasteiger partial charge on any atom is 0.221 e. The van der Waals surface area contributed by atoms with Crippen LogP contribution in [0.3, 0.4) is 0 Å². The van der Waals surface area contributed by atoms with Gasteiger partial charge in [-0.1, -0.05) is 54.6 Å². The SMILES string of the molecule is O=C1CCN(C2CCN(CC3CNNC3c3ccc(-c4ccccc4)cc3)CC2)CCN1. The third kappa shape index (κ3) is 5.04. The molecule has 6 heteroatoms. The lowest BCUT2D eigenvalue weighted by atomic mass is 9.92. The van der Waals surface area contributed by atoms with E-state index in [1.807, 2.05) is 0 Å². The van der Waals surface area contributed by atoms with Crippen molar-refractivity contribution in [2.75, 3.05) is 45.8 Å². The molecule has 5 rings (SSSR count). The summed E-state index contributed by atoms with van der Waals surface area (Å²) in [7, 11) is 0. The van der Waals surface area contributed by atoms with E-state index < -0.39 is 0 Å². The van der Waals surface area contributed by atoms with Crippen LogP contribution in [-0.2, 0) is 4.79 Å². The van der Waals surface area contributed by atoms with Crippen LogP contribution >= 0.6 is 0 Å². The van der Waals surface area contributed by atoms with Crippen molar-refractivity contribution in [3.8, 4) is 11.1 Å². The lowest BCUT2D eigenvalue weighted by molar-refractivity contribution is -0.120. The van der Waals surface area contributed by atoms with Crippen LogP contribution < -0.4 is 16.2 Å². The first kappa shape index (κ1) is 21.6. The highest BCUT2D eigenvalue weighted by atomic mass is 16.1. The van der Waals surface area contributed by atoms with Crippen LogP contribution in [0.15, 0.2) is 54.6 Å². The zero-order valence-electron chi connectivity index (χ0n) is 18.8. The number of hydrazine groups is 1. The zero-order valence-corrected chi connectivity index (χ0v) is 18.8. The second kappa shape index (κ2) is 10.1. The number of hydrogen-bond acceptors (Lipinski definition) is 5. The van der Waals surface area contributed by atoms with Crippen LogP contribution in [0.25, 0.3) is 11.1 Å². The summed E-state index contributed by atoms with van der Waals surface area (Å²) in [6.07, 6.45) is 3.06. The first-order valence-electron chi connectivity index (χ1n) is 12.1. The number of likely N-dealkylation sites (tertiary alicyclic amines) is 1. The van der Waals surface area contributed by atoms with E-state index in [2.05, 4.69) is 80.6 Å². The van der Waals surface area contributed by atoms with E-state index in [1.54, 1.807) is 0 Å². The fourth-order valence-electron chi connectivity index (χ4n) is 5.52. The molecule has 170 valence electrons. The van der Waals surface area contributed by atoms with Crippen molar-refractivity contribution < 1.29 is 4.79 Å². The Morgan fingerprint density at radius 1 is 0.875 bits per heavy atom. The number of hydrogen-bond donors (Lipinski definition) is 3. The van der Waals surface area contributed by atoms with Gasteiger partial charge in [0.15, 0.2) is 0 Å². The Balaban J connectivity index is 1.15. The standard InChI is InChI=1S/C26H35N5O/c32-25-12-16-31(17-13-27-25)24-10-14-30(15-11-24)19-23-18-28-29-26(23)22-8-6-21(7-9-22)20-4-2-1-3-5-20/h1-9,23-24,26,28-29H,10-19H2,(H,27,32). The molecule has 3 N–H and O–H groups in total. The Hall–Kier alpha value is -2.25. The van der Waals surface area contributed by atoms with Crippen molar-refractivity contribution in [3.63, 3.8) is 0 Å². The third-order valence-corrected chi connectivity index (χ3v) is 7.38. The van der Waals surface area contributed by atoms with Gasteiger partial charge in [-0.25, -0.2) is 5.43 Å². The van der Waals surface area contributed by atoms with E-state index in [-0.39, 0.29) is 5.91 Å². The Morgan fingerprint density at radius 2 is 1.62 bits per heavy atom. The van der Waals surface area contributed by atoms with Crippen LogP contribution in [0, 0.1) is 5.92 Å². The topological polar surface area (TPSA) is 59.6 Å². The molecule has 0 aromatic heterocycles. The summed E-state index contributed by atoms with van der Waals surface area (Å²) in [5.41, 5.74) is 10.8. The molecule has 1 amide bonds. The van der Waals surface area contributed by atoms with E-state index in [0.29, 0.717) is 24.4 Å². The van der Waals surface area contributed by atoms with E-state index in [1.165, 1.54) is 29.5 Å². The summed E-state index contributed by atoms with van der Waals surface area (Å²) in [6, 6.07) is 20.6. The summed E-state index contributed by atoms with van der Waals surface area (Å²) in [6.45, 7) is 7.13. The normalized spacial score (nSPS) is 26.1. The van der Waals surface area contributed by atoms with Gasteiger partial charge in [0.2, 0.25) is 5.91 Å². The van der Waals surface area contributed by atoms with Gasteiger partial charge >= 0.3 is 0 Å². The monoisotopic (exact) mass is 433 g/mol. The van der Waals surface area contributed by atoms with E-state index in [0.717, 1.165) is 45.8 Å². The summed E-state index contributed by atoms with van der Waals surface area (Å²) in [5.74, 6) is 0.767. The number of nitrogens with zero attached hydrogens (tertiary/aromatic N) is 2. The molecule has 2 atom stereocenters. The first-order chi connectivity index (χ1) is 15.8. The van der Waals surface area contributed by atoms with Gasteiger partial charge in [-0.05, 0) is 42.6 Å². The first-order valence-corrected chi connectivity index (χ1v) is 12.1. The quantitative estimate of drug-likeness (QED) is 0.676. The van der Waals surface area contributed by atoms with Crippen molar-refractivity contribution in [3.05, 3.63) is 60.2 Å². The van der Waals surface area contributed by atoms with Gasteiger partial charge in [0.1, 0.15) is 0 Å². The van der Waals surface area contributed by atoms with Crippen molar-refractivity contribution in [2.45, 2.75) is 31.3 Å².